The second kappa shape index (κ2) is 2.85. The van der Waals surface area contributed by atoms with Gasteiger partial charge in [-0.3, -0.25) is 4.68 Å². The van der Waals surface area contributed by atoms with Gasteiger partial charge in [0.1, 0.15) is 0 Å². The fourth-order valence-electron chi connectivity index (χ4n) is 2.80. The summed E-state index contributed by atoms with van der Waals surface area (Å²) in [5, 5.41) is 3.57. The lowest BCUT2D eigenvalue weighted by Gasteiger charge is -2.22. The Morgan fingerprint density at radius 3 is 2.24 bits per heavy atom. The van der Waals surface area contributed by atoms with E-state index in [2.05, 4.69) is 5.10 Å². The van der Waals surface area contributed by atoms with E-state index in [1.54, 1.807) is 7.05 Å². The van der Waals surface area contributed by atoms with Crippen molar-refractivity contribution in [3.8, 4) is 0 Å². The second-order valence-corrected chi connectivity index (χ2v) is 5.27. The van der Waals surface area contributed by atoms with Gasteiger partial charge in [-0.2, -0.15) is 18.3 Å². The van der Waals surface area contributed by atoms with E-state index in [0.717, 1.165) is 25.7 Å². The van der Waals surface area contributed by atoms with Crippen LogP contribution < -0.4 is 5.73 Å². The first kappa shape index (κ1) is 11.1. The average molecular weight is 245 g/mol. The van der Waals surface area contributed by atoms with Crippen LogP contribution in [-0.2, 0) is 18.6 Å². The minimum absolute atomic E-state index is 0.252. The standard InChI is InChI=1S/C11H14F3N3/c1-17-8(6-7(16-17)11(12,13)14)9(2-3-9)10(15)4-5-10/h6H,2-5,15H2,1H3. The molecule has 0 amide bonds. The fourth-order valence-corrected chi connectivity index (χ4v) is 2.80. The van der Waals surface area contributed by atoms with Crippen LogP contribution in [0.5, 0.6) is 0 Å². The fraction of sp³-hybridized carbons (Fsp3) is 0.727. The highest BCUT2D eigenvalue weighted by Crippen LogP contribution is 2.63. The summed E-state index contributed by atoms with van der Waals surface area (Å²) in [7, 11) is 1.57. The Hall–Kier alpha value is -1.04. The van der Waals surface area contributed by atoms with Crippen molar-refractivity contribution in [2.45, 2.75) is 42.8 Å². The normalized spacial score (nSPS) is 24.8. The van der Waals surface area contributed by atoms with Crippen molar-refractivity contribution in [1.29, 1.82) is 0 Å². The molecule has 2 aliphatic carbocycles. The van der Waals surface area contributed by atoms with Crippen LogP contribution in [0.2, 0.25) is 0 Å². The van der Waals surface area contributed by atoms with E-state index in [4.69, 9.17) is 5.73 Å². The third-order valence-electron chi connectivity index (χ3n) is 4.15. The Balaban J connectivity index is 2.02. The summed E-state index contributed by atoms with van der Waals surface area (Å²) in [5.74, 6) is 0. The molecule has 0 spiro atoms. The van der Waals surface area contributed by atoms with Gasteiger partial charge in [0.15, 0.2) is 5.69 Å². The van der Waals surface area contributed by atoms with Gasteiger partial charge in [-0.1, -0.05) is 0 Å². The van der Waals surface area contributed by atoms with Crippen molar-refractivity contribution < 1.29 is 13.2 Å². The number of alkyl halides is 3. The van der Waals surface area contributed by atoms with E-state index in [9.17, 15) is 13.2 Å². The lowest BCUT2D eigenvalue weighted by atomic mass is 9.90. The molecule has 1 aromatic heterocycles. The smallest absolute Gasteiger partial charge is 0.324 e. The molecular weight excluding hydrogens is 231 g/mol. The Morgan fingerprint density at radius 1 is 1.29 bits per heavy atom. The minimum atomic E-state index is -4.38. The quantitative estimate of drug-likeness (QED) is 0.865. The van der Waals surface area contributed by atoms with Gasteiger partial charge < -0.3 is 5.73 Å². The van der Waals surface area contributed by atoms with Gasteiger partial charge in [0.25, 0.3) is 0 Å². The third kappa shape index (κ3) is 1.43. The summed E-state index contributed by atoms with van der Waals surface area (Å²) in [6, 6.07) is 1.17. The predicted octanol–water partition coefficient (Wildman–Crippen LogP) is 1.96. The Morgan fingerprint density at radius 2 is 1.88 bits per heavy atom. The molecule has 94 valence electrons. The van der Waals surface area contributed by atoms with Gasteiger partial charge in [-0.15, -0.1) is 0 Å². The lowest BCUT2D eigenvalue weighted by Crippen LogP contribution is -2.38. The maximum atomic E-state index is 12.6. The summed E-state index contributed by atoms with van der Waals surface area (Å²) in [4.78, 5) is 0. The third-order valence-corrected chi connectivity index (χ3v) is 4.15. The van der Waals surface area contributed by atoms with E-state index in [0.29, 0.717) is 5.69 Å². The molecule has 3 nitrogen and oxygen atoms in total. The lowest BCUT2D eigenvalue weighted by molar-refractivity contribution is -0.141. The van der Waals surface area contributed by atoms with Crippen LogP contribution in [0.1, 0.15) is 37.1 Å². The molecular formula is C11H14F3N3. The SMILES string of the molecule is Cn1nc(C(F)(F)F)cc1C1(C2(N)CC2)CC1. The van der Waals surface area contributed by atoms with Crippen LogP contribution in [0, 0.1) is 0 Å². The summed E-state index contributed by atoms with van der Waals surface area (Å²) in [6.45, 7) is 0. The van der Waals surface area contributed by atoms with Crippen molar-refractivity contribution in [1.82, 2.24) is 9.78 Å². The number of nitrogens with two attached hydrogens (primary N) is 1. The van der Waals surface area contributed by atoms with Crippen LogP contribution in [0.3, 0.4) is 0 Å². The molecule has 0 saturated heterocycles. The largest absolute Gasteiger partial charge is 0.435 e. The highest BCUT2D eigenvalue weighted by Gasteiger charge is 2.65. The molecule has 2 saturated carbocycles. The number of halogens is 3. The zero-order chi connectivity index (χ0) is 12.5. The topological polar surface area (TPSA) is 43.8 Å². The van der Waals surface area contributed by atoms with E-state index < -0.39 is 11.9 Å². The van der Waals surface area contributed by atoms with Gasteiger partial charge >= 0.3 is 6.18 Å². The monoisotopic (exact) mass is 245 g/mol. The van der Waals surface area contributed by atoms with Gasteiger partial charge in [-0.25, -0.2) is 0 Å². The van der Waals surface area contributed by atoms with E-state index >= 15 is 0 Å². The minimum Gasteiger partial charge on any atom is -0.324 e. The van der Waals surface area contributed by atoms with Crippen LogP contribution in [0.25, 0.3) is 0 Å². The molecule has 0 atom stereocenters. The molecule has 17 heavy (non-hydrogen) atoms. The zero-order valence-electron chi connectivity index (χ0n) is 9.51. The summed E-state index contributed by atoms with van der Waals surface area (Å²) in [5.41, 5.74) is 5.47. The molecule has 2 N–H and O–H groups in total. The predicted molar refractivity (Wildman–Crippen MR) is 55.3 cm³/mol. The number of nitrogens with zero attached hydrogens (tertiary/aromatic N) is 2. The van der Waals surface area contributed by atoms with E-state index in [-0.39, 0.29) is 11.0 Å². The van der Waals surface area contributed by atoms with Gasteiger partial charge in [0, 0.05) is 23.7 Å². The van der Waals surface area contributed by atoms with E-state index in [1.165, 1.54) is 10.7 Å². The Labute approximate surface area is 96.8 Å². The summed E-state index contributed by atoms with van der Waals surface area (Å²) in [6.07, 6.45) is -0.822. The number of hydrogen-bond donors (Lipinski definition) is 1. The first-order valence-corrected chi connectivity index (χ1v) is 5.69. The maximum Gasteiger partial charge on any atom is 0.435 e. The molecule has 1 heterocycles. The highest BCUT2D eigenvalue weighted by molar-refractivity contribution is 5.38. The highest BCUT2D eigenvalue weighted by atomic mass is 19.4. The van der Waals surface area contributed by atoms with Crippen LogP contribution in [0.15, 0.2) is 6.07 Å². The summed E-state index contributed by atoms with van der Waals surface area (Å²) < 4.78 is 39.1. The Kier molecular flexibility index (Phi) is 1.86. The van der Waals surface area contributed by atoms with Crippen molar-refractivity contribution in [3.63, 3.8) is 0 Å². The molecule has 1 aromatic rings. The van der Waals surface area contributed by atoms with Gasteiger partial charge in [0.2, 0.25) is 0 Å². The number of hydrogen-bond acceptors (Lipinski definition) is 2. The Bertz CT molecular complexity index is 467. The first-order chi connectivity index (χ1) is 7.79. The molecule has 2 aliphatic rings. The van der Waals surface area contributed by atoms with Crippen LogP contribution >= 0.6 is 0 Å². The van der Waals surface area contributed by atoms with E-state index in [1.807, 2.05) is 0 Å². The number of aryl methyl sites for hydroxylation is 1. The first-order valence-electron chi connectivity index (χ1n) is 5.69. The van der Waals surface area contributed by atoms with Crippen molar-refractivity contribution in [2.75, 3.05) is 0 Å². The molecule has 3 rings (SSSR count). The molecule has 0 aromatic carbocycles. The molecule has 0 unspecified atom stereocenters. The van der Waals surface area contributed by atoms with Crippen LogP contribution in [-0.4, -0.2) is 15.3 Å². The maximum absolute atomic E-state index is 12.6. The second-order valence-electron chi connectivity index (χ2n) is 5.27. The number of rotatable bonds is 2. The van der Waals surface area contributed by atoms with Crippen molar-refractivity contribution in [3.05, 3.63) is 17.5 Å². The molecule has 0 aliphatic heterocycles. The van der Waals surface area contributed by atoms with Crippen molar-refractivity contribution >= 4 is 0 Å². The zero-order valence-corrected chi connectivity index (χ0v) is 9.51. The van der Waals surface area contributed by atoms with Gasteiger partial charge in [0.05, 0.1) is 0 Å². The molecule has 0 radical (unpaired) electrons. The molecule has 0 bridgehead atoms. The van der Waals surface area contributed by atoms with Crippen LogP contribution in [0.4, 0.5) is 13.2 Å². The number of aromatic nitrogens is 2. The van der Waals surface area contributed by atoms with Crippen molar-refractivity contribution in [2.24, 2.45) is 12.8 Å². The average Bonchev–Trinajstić information content (AvgIpc) is 3.09. The molecule has 2 fully saturated rings. The molecule has 6 heteroatoms. The summed E-state index contributed by atoms with van der Waals surface area (Å²) >= 11 is 0. The van der Waals surface area contributed by atoms with Gasteiger partial charge in [-0.05, 0) is 31.7 Å².